The van der Waals surface area contributed by atoms with E-state index in [9.17, 15) is 29.8 Å². The first-order valence-corrected chi connectivity index (χ1v) is 6.71. The summed E-state index contributed by atoms with van der Waals surface area (Å²) < 4.78 is 0. The second-order valence-electron chi connectivity index (χ2n) is 5.06. The number of Topliss-reactive ketones (excluding diaryl/α,β-unsaturated/α-hetero) is 1. The Morgan fingerprint density at radius 2 is 1.29 bits per heavy atom. The number of nitrogens with zero attached hydrogens (tertiary/aromatic N) is 2. The van der Waals surface area contributed by atoms with Crippen molar-refractivity contribution in [3.63, 3.8) is 0 Å². The summed E-state index contributed by atoms with van der Waals surface area (Å²) in [5.41, 5.74) is -0.295. The van der Waals surface area contributed by atoms with Crippen molar-refractivity contribution in [2.45, 2.75) is 0 Å². The van der Waals surface area contributed by atoms with Gasteiger partial charge in [-0.3, -0.25) is 29.8 Å². The van der Waals surface area contributed by atoms with E-state index in [2.05, 4.69) is 0 Å². The molecule has 3 aromatic carbocycles. The lowest BCUT2D eigenvalue weighted by Crippen LogP contribution is -2.03. The fourth-order valence-electron chi connectivity index (χ4n) is 2.66. The molecule has 0 saturated heterocycles. The molecule has 0 atom stereocenters. The maximum absolute atomic E-state index is 12.0. The Labute approximate surface area is 133 Å². The van der Waals surface area contributed by atoms with E-state index in [0.717, 1.165) is 0 Å². The van der Waals surface area contributed by atoms with Crippen LogP contribution >= 0.6 is 0 Å². The van der Waals surface area contributed by atoms with Gasteiger partial charge >= 0.3 is 0 Å². The number of nitro benzene ring substituents is 2. The van der Waals surface area contributed by atoms with E-state index < -0.39 is 15.6 Å². The summed E-state index contributed by atoms with van der Waals surface area (Å²) in [5, 5.41) is 23.3. The van der Waals surface area contributed by atoms with Crippen molar-refractivity contribution in [1.82, 2.24) is 0 Å². The molecule has 24 heavy (non-hydrogen) atoms. The molecule has 0 N–H and O–H groups in total. The molecule has 118 valence electrons. The number of aldehydes is 1. The second kappa shape index (κ2) is 5.51. The van der Waals surface area contributed by atoms with E-state index in [1.54, 1.807) is 0 Å². The largest absolute Gasteiger partial charge is 0.294 e. The smallest absolute Gasteiger partial charge is 0.270 e. The van der Waals surface area contributed by atoms with E-state index >= 15 is 0 Å². The number of carbonyl (C=O) groups excluding carboxylic acids is 2. The van der Waals surface area contributed by atoms with Crippen LogP contribution in [-0.4, -0.2) is 21.9 Å². The van der Waals surface area contributed by atoms with Crippen LogP contribution in [0.25, 0.3) is 21.5 Å². The predicted octanol–water partition coefficient (Wildman–Crippen LogP) is 3.19. The highest BCUT2D eigenvalue weighted by atomic mass is 16.6. The third kappa shape index (κ3) is 2.35. The van der Waals surface area contributed by atoms with Crippen molar-refractivity contribution in [3.8, 4) is 0 Å². The summed E-state index contributed by atoms with van der Waals surface area (Å²) in [4.78, 5) is 43.7. The van der Waals surface area contributed by atoms with Crippen LogP contribution in [0.3, 0.4) is 0 Å². The second-order valence-corrected chi connectivity index (χ2v) is 5.06. The third-order valence-electron chi connectivity index (χ3n) is 3.70. The average Bonchev–Trinajstić information content (AvgIpc) is 2.57. The number of non-ortho nitro benzene ring substituents is 2. The van der Waals surface area contributed by atoms with Gasteiger partial charge in [-0.25, -0.2) is 0 Å². The van der Waals surface area contributed by atoms with Gasteiger partial charge in [0.15, 0.2) is 6.29 Å². The summed E-state index contributed by atoms with van der Waals surface area (Å²) >= 11 is 0. The van der Waals surface area contributed by atoms with Gasteiger partial charge in [0.2, 0.25) is 5.78 Å². The summed E-state index contributed by atoms with van der Waals surface area (Å²) in [6.45, 7) is 0. The normalized spacial score (nSPS) is 10.7. The zero-order valence-corrected chi connectivity index (χ0v) is 12.0. The number of hydrogen-bond acceptors (Lipinski definition) is 6. The zero-order chi connectivity index (χ0) is 17.4. The van der Waals surface area contributed by atoms with Crippen molar-refractivity contribution >= 4 is 45.0 Å². The molecule has 0 saturated carbocycles. The molecule has 0 aliphatic heterocycles. The van der Waals surface area contributed by atoms with Crippen LogP contribution in [0.4, 0.5) is 11.4 Å². The molecule has 3 aromatic rings. The van der Waals surface area contributed by atoms with Gasteiger partial charge in [0, 0.05) is 29.8 Å². The van der Waals surface area contributed by atoms with E-state index in [1.165, 1.54) is 42.5 Å². The lowest BCUT2D eigenvalue weighted by atomic mass is 9.94. The first-order chi connectivity index (χ1) is 11.4. The van der Waals surface area contributed by atoms with Crippen molar-refractivity contribution in [2.75, 3.05) is 0 Å². The van der Waals surface area contributed by atoms with E-state index in [-0.39, 0.29) is 23.2 Å². The fourth-order valence-corrected chi connectivity index (χ4v) is 2.66. The minimum Gasteiger partial charge on any atom is -0.294 e. The quantitative estimate of drug-likeness (QED) is 0.181. The summed E-state index contributed by atoms with van der Waals surface area (Å²) in [6, 6.07) is 9.30. The minimum atomic E-state index is -0.798. The van der Waals surface area contributed by atoms with Crippen LogP contribution in [0, 0.1) is 20.2 Å². The van der Waals surface area contributed by atoms with E-state index in [0.29, 0.717) is 21.5 Å². The number of hydrogen-bond donors (Lipinski definition) is 0. The molecular weight excluding hydrogens is 316 g/mol. The molecule has 3 rings (SSSR count). The fraction of sp³-hybridized carbons (Fsp3) is 0. The monoisotopic (exact) mass is 324 g/mol. The predicted molar refractivity (Wildman–Crippen MR) is 85.2 cm³/mol. The molecule has 0 aliphatic rings. The Bertz CT molecular complexity index is 985. The highest BCUT2D eigenvalue weighted by Gasteiger charge is 2.18. The summed E-state index contributed by atoms with van der Waals surface area (Å²) in [5.74, 6) is -0.798. The van der Waals surface area contributed by atoms with E-state index in [1.807, 2.05) is 0 Å². The number of nitro groups is 2. The average molecular weight is 324 g/mol. The van der Waals surface area contributed by atoms with Crippen LogP contribution in [0.2, 0.25) is 0 Å². The van der Waals surface area contributed by atoms with Gasteiger partial charge in [-0.2, -0.15) is 0 Å². The number of rotatable bonds is 4. The topological polar surface area (TPSA) is 120 Å². The lowest BCUT2D eigenvalue weighted by Gasteiger charge is -2.08. The van der Waals surface area contributed by atoms with Gasteiger partial charge in [0.05, 0.1) is 9.85 Å². The Hall–Kier alpha value is -3.68. The standard InChI is InChI=1S/C16H8N2O6/c19-8-15(20)16-13-3-1-11(17(21)22)6-9(13)5-10-7-12(18(23)24)2-4-14(10)16/h1-8H. The Balaban J connectivity index is 2.47. The maximum atomic E-state index is 12.0. The molecule has 0 amide bonds. The van der Waals surface area contributed by atoms with Crippen molar-refractivity contribution < 1.29 is 19.4 Å². The highest BCUT2D eigenvalue weighted by molar-refractivity contribution is 6.40. The lowest BCUT2D eigenvalue weighted by molar-refractivity contribution is -0.384. The molecule has 0 aliphatic carbocycles. The SMILES string of the molecule is O=CC(=O)c1c2ccc([N+](=O)[O-])cc2cc2cc([N+](=O)[O-])ccc12. The van der Waals surface area contributed by atoms with Crippen molar-refractivity contribution in [2.24, 2.45) is 0 Å². The minimum absolute atomic E-state index is 0.0716. The highest BCUT2D eigenvalue weighted by Crippen LogP contribution is 2.32. The first-order valence-electron chi connectivity index (χ1n) is 6.71. The molecule has 8 heteroatoms. The molecule has 0 spiro atoms. The van der Waals surface area contributed by atoms with Crippen LogP contribution in [-0.2, 0) is 4.79 Å². The van der Waals surface area contributed by atoms with Crippen LogP contribution in [0.1, 0.15) is 10.4 Å². The maximum Gasteiger partial charge on any atom is 0.270 e. The summed E-state index contributed by atoms with van der Waals surface area (Å²) in [7, 11) is 0. The first kappa shape index (κ1) is 15.2. The number of carbonyl (C=O) groups is 2. The van der Waals surface area contributed by atoms with Gasteiger partial charge < -0.3 is 0 Å². The summed E-state index contributed by atoms with van der Waals surface area (Å²) in [6.07, 6.45) is 0.150. The Morgan fingerprint density at radius 1 is 0.833 bits per heavy atom. The molecule has 8 nitrogen and oxygen atoms in total. The van der Waals surface area contributed by atoms with Crippen LogP contribution in [0.15, 0.2) is 42.5 Å². The molecule has 0 fully saturated rings. The zero-order valence-electron chi connectivity index (χ0n) is 12.0. The number of fused-ring (bicyclic) bond motifs is 2. The van der Waals surface area contributed by atoms with Crippen LogP contribution < -0.4 is 0 Å². The van der Waals surface area contributed by atoms with Gasteiger partial charge in [-0.05, 0) is 39.7 Å². The van der Waals surface area contributed by atoms with Crippen LogP contribution in [0.5, 0.6) is 0 Å². The molecule has 0 bridgehead atoms. The van der Waals surface area contributed by atoms with Gasteiger partial charge in [0.1, 0.15) is 0 Å². The van der Waals surface area contributed by atoms with Crippen molar-refractivity contribution in [1.29, 1.82) is 0 Å². The molecule has 0 heterocycles. The molecular formula is C16H8N2O6. The Morgan fingerprint density at radius 3 is 1.67 bits per heavy atom. The number of ketones is 1. The third-order valence-corrected chi connectivity index (χ3v) is 3.70. The molecule has 0 radical (unpaired) electrons. The van der Waals surface area contributed by atoms with Gasteiger partial charge in [-0.1, -0.05) is 0 Å². The van der Waals surface area contributed by atoms with Gasteiger partial charge in [-0.15, -0.1) is 0 Å². The Kier molecular flexibility index (Phi) is 3.49. The van der Waals surface area contributed by atoms with E-state index in [4.69, 9.17) is 0 Å². The van der Waals surface area contributed by atoms with Gasteiger partial charge in [0.25, 0.3) is 11.4 Å². The number of benzene rings is 3. The molecule has 0 aromatic heterocycles. The molecule has 0 unspecified atom stereocenters. The van der Waals surface area contributed by atoms with Crippen molar-refractivity contribution in [3.05, 3.63) is 68.3 Å².